The van der Waals surface area contributed by atoms with Gasteiger partial charge in [0.2, 0.25) is 0 Å². The Hall–Kier alpha value is -0.570. The molecule has 2 rings (SSSR count). The molecule has 3 heteroatoms. The summed E-state index contributed by atoms with van der Waals surface area (Å²) in [6, 6.07) is -0.0799. The van der Waals surface area contributed by atoms with Gasteiger partial charge >= 0.3 is 5.97 Å². The van der Waals surface area contributed by atoms with Crippen molar-refractivity contribution in [3.05, 3.63) is 0 Å². The van der Waals surface area contributed by atoms with Gasteiger partial charge in [-0.3, -0.25) is 4.79 Å². The zero-order valence-electron chi connectivity index (χ0n) is 7.12. The smallest absolute Gasteiger partial charge is 0.311 e. The third-order valence-corrected chi connectivity index (χ3v) is 3.51. The molecular weight excluding hydrogens is 154 g/mol. The highest BCUT2D eigenvalue weighted by Crippen LogP contribution is 2.52. The van der Waals surface area contributed by atoms with E-state index in [1.54, 1.807) is 0 Å². The molecule has 0 radical (unpaired) electrons. The Balaban J connectivity index is 2.02. The third-order valence-electron chi connectivity index (χ3n) is 3.51. The second-order valence-corrected chi connectivity index (χ2v) is 4.18. The van der Waals surface area contributed by atoms with Gasteiger partial charge in [0.05, 0.1) is 5.41 Å². The molecule has 2 aliphatic carbocycles. The molecule has 1 unspecified atom stereocenters. The SMILES string of the molecule is NC(C1CCC1)C1(C(=O)O)CC1. The molecular formula is C9H15NO2. The molecule has 2 fully saturated rings. The molecule has 0 aliphatic heterocycles. The van der Waals surface area contributed by atoms with Crippen LogP contribution in [0.5, 0.6) is 0 Å². The first-order valence-electron chi connectivity index (χ1n) is 4.66. The average molecular weight is 169 g/mol. The first-order valence-corrected chi connectivity index (χ1v) is 4.66. The molecule has 2 saturated carbocycles. The molecule has 68 valence electrons. The monoisotopic (exact) mass is 169 g/mol. The molecule has 0 aromatic carbocycles. The van der Waals surface area contributed by atoms with Crippen molar-refractivity contribution >= 4 is 5.97 Å². The van der Waals surface area contributed by atoms with E-state index in [0.717, 1.165) is 25.7 Å². The third kappa shape index (κ3) is 0.959. The van der Waals surface area contributed by atoms with Crippen molar-refractivity contribution in [2.75, 3.05) is 0 Å². The van der Waals surface area contributed by atoms with E-state index >= 15 is 0 Å². The molecule has 3 N–H and O–H groups in total. The lowest BCUT2D eigenvalue weighted by atomic mass is 9.74. The average Bonchev–Trinajstić information content (AvgIpc) is 2.60. The van der Waals surface area contributed by atoms with Gasteiger partial charge in [0.1, 0.15) is 0 Å². The Morgan fingerprint density at radius 2 is 2.08 bits per heavy atom. The predicted octanol–water partition coefficient (Wildman–Crippen LogP) is 0.979. The van der Waals surface area contributed by atoms with Crippen LogP contribution in [0.15, 0.2) is 0 Å². The van der Waals surface area contributed by atoms with E-state index in [1.807, 2.05) is 0 Å². The van der Waals surface area contributed by atoms with Crippen molar-refractivity contribution in [1.29, 1.82) is 0 Å². The summed E-state index contributed by atoms with van der Waals surface area (Å²) in [6.45, 7) is 0. The largest absolute Gasteiger partial charge is 0.481 e. The van der Waals surface area contributed by atoms with E-state index in [9.17, 15) is 4.79 Å². The van der Waals surface area contributed by atoms with Gasteiger partial charge in [-0.05, 0) is 31.6 Å². The minimum Gasteiger partial charge on any atom is -0.481 e. The van der Waals surface area contributed by atoms with E-state index < -0.39 is 11.4 Å². The van der Waals surface area contributed by atoms with Gasteiger partial charge in [-0.25, -0.2) is 0 Å². The van der Waals surface area contributed by atoms with Gasteiger partial charge in [0.25, 0.3) is 0 Å². The lowest BCUT2D eigenvalue weighted by molar-refractivity contribution is -0.145. The van der Waals surface area contributed by atoms with Crippen LogP contribution >= 0.6 is 0 Å². The lowest BCUT2D eigenvalue weighted by Crippen LogP contribution is -2.45. The second-order valence-electron chi connectivity index (χ2n) is 4.18. The maximum absolute atomic E-state index is 10.9. The van der Waals surface area contributed by atoms with E-state index in [1.165, 1.54) is 6.42 Å². The molecule has 1 atom stereocenters. The standard InChI is InChI=1S/C9H15NO2/c10-7(6-2-1-3-6)9(4-5-9)8(11)12/h6-7H,1-5,10H2,(H,11,12). The lowest BCUT2D eigenvalue weighted by Gasteiger charge is -2.34. The molecule has 12 heavy (non-hydrogen) atoms. The summed E-state index contributed by atoms with van der Waals surface area (Å²) in [5.74, 6) is -0.189. The Kier molecular flexibility index (Phi) is 1.65. The summed E-state index contributed by atoms with van der Waals surface area (Å²) in [4.78, 5) is 10.9. The molecule has 0 bridgehead atoms. The summed E-state index contributed by atoms with van der Waals surface area (Å²) >= 11 is 0. The number of hydrogen-bond donors (Lipinski definition) is 2. The van der Waals surface area contributed by atoms with Crippen LogP contribution in [0.4, 0.5) is 0 Å². The number of carboxylic acid groups (broad SMARTS) is 1. The van der Waals surface area contributed by atoms with Crippen LogP contribution < -0.4 is 5.73 Å². The Morgan fingerprint density at radius 3 is 2.33 bits per heavy atom. The van der Waals surface area contributed by atoms with Crippen LogP contribution in [0.2, 0.25) is 0 Å². The highest BCUT2D eigenvalue weighted by Gasteiger charge is 2.57. The topological polar surface area (TPSA) is 63.3 Å². The molecule has 0 amide bonds. The van der Waals surface area contributed by atoms with Crippen molar-refractivity contribution in [3.63, 3.8) is 0 Å². The number of carbonyl (C=O) groups is 1. The minimum atomic E-state index is -0.679. The molecule has 0 saturated heterocycles. The van der Waals surface area contributed by atoms with E-state index in [0.29, 0.717) is 5.92 Å². The van der Waals surface area contributed by atoms with Crippen LogP contribution in [-0.2, 0) is 4.79 Å². The van der Waals surface area contributed by atoms with E-state index in [-0.39, 0.29) is 6.04 Å². The van der Waals surface area contributed by atoms with Crippen molar-refractivity contribution in [2.24, 2.45) is 17.1 Å². The van der Waals surface area contributed by atoms with Gasteiger partial charge < -0.3 is 10.8 Å². The Labute approximate surface area is 71.9 Å². The fraction of sp³-hybridized carbons (Fsp3) is 0.889. The zero-order chi connectivity index (χ0) is 8.77. The molecule has 2 aliphatic rings. The van der Waals surface area contributed by atoms with Gasteiger partial charge in [0, 0.05) is 6.04 Å². The molecule has 3 nitrogen and oxygen atoms in total. The number of nitrogens with two attached hydrogens (primary N) is 1. The summed E-state index contributed by atoms with van der Waals surface area (Å²) in [5, 5.41) is 8.96. The van der Waals surface area contributed by atoms with E-state index in [4.69, 9.17) is 10.8 Å². The number of carboxylic acids is 1. The van der Waals surface area contributed by atoms with Crippen LogP contribution in [0.3, 0.4) is 0 Å². The highest BCUT2D eigenvalue weighted by atomic mass is 16.4. The van der Waals surface area contributed by atoms with Gasteiger partial charge in [-0.1, -0.05) is 6.42 Å². The first-order chi connectivity index (χ1) is 5.67. The quantitative estimate of drug-likeness (QED) is 0.662. The Bertz CT molecular complexity index is 207. The molecule has 0 heterocycles. The predicted molar refractivity (Wildman–Crippen MR) is 44.6 cm³/mol. The van der Waals surface area contributed by atoms with Crippen LogP contribution in [0.1, 0.15) is 32.1 Å². The van der Waals surface area contributed by atoms with Crippen molar-refractivity contribution in [3.8, 4) is 0 Å². The fourth-order valence-corrected chi connectivity index (χ4v) is 2.07. The maximum atomic E-state index is 10.9. The summed E-state index contributed by atoms with van der Waals surface area (Å²) in [5.41, 5.74) is 5.42. The van der Waals surface area contributed by atoms with Crippen molar-refractivity contribution in [2.45, 2.75) is 38.1 Å². The van der Waals surface area contributed by atoms with Gasteiger partial charge in [-0.15, -0.1) is 0 Å². The van der Waals surface area contributed by atoms with Crippen LogP contribution in [0, 0.1) is 11.3 Å². The maximum Gasteiger partial charge on any atom is 0.311 e. The van der Waals surface area contributed by atoms with Crippen molar-refractivity contribution in [1.82, 2.24) is 0 Å². The minimum absolute atomic E-state index is 0.0799. The van der Waals surface area contributed by atoms with Gasteiger partial charge in [0.15, 0.2) is 0 Å². The molecule has 0 aromatic heterocycles. The van der Waals surface area contributed by atoms with Crippen LogP contribution in [0.25, 0.3) is 0 Å². The van der Waals surface area contributed by atoms with Gasteiger partial charge in [-0.2, -0.15) is 0 Å². The summed E-state index contributed by atoms with van der Waals surface area (Å²) in [7, 11) is 0. The second kappa shape index (κ2) is 2.46. The number of hydrogen-bond acceptors (Lipinski definition) is 2. The molecule has 0 aromatic rings. The summed E-state index contributed by atoms with van der Waals surface area (Å²) < 4.78 is 0. The Morgan fingerprint density at radius 1 is 1.50 bits per heavy atom. The van der Waals surface area contributed by atoms with E-state index in [2.05, 4.69) is 0 Å². The van der Waals surface area contributed by atoms with Crippen LogP contribution in [-0.4, -0.2) is 17.1 Å². The van der Waals surface area contributed by atoms with Crippen molar-refractivity contribution < 1.29 is 9.90 Å². The number of rotatable bonds is 3. The normalized spacial score (nSPS) is 29.1. The highest BCUT2D eigenvalue weighted by molar-refractivity contribution is 5.78. The zero-order valence-corrected chi connectivity index (χ0v) is 7.12. The first kappa shape index (κ1) is 8.05. The molecule has 0 spiro atoms. The summed E-state index contributed by atoms with van der Waals surface area (Å²) in [6.07, 6.45) is 5.08. The number of aliphatic carboxylic acids is 1. The fourth-order valence-electron chi connectivity index (χ4n) is 2.07.